The van der Waals surface area contributed by atoms with E-state index in [1.165, 1.54) is 29.4 Å². The summed E-state index contributed by atoms with van der Waals surface area (Å²) in [5, 5.41) is 6.78. The predicted molar refractivity (Wildman–Crippen MR) is 112 cm³/mol. The zero-order valence-electron chi connectivity index (χ0n) is 17.0. The van der Waals surface area contributed by atoms with Crippen LogP contribution in [-0.2, 0) is 0 Å². The Morgan fingerprint density at radius 1 is 1.21 bits per heavy atom. The summed E-state index contributed by atoms with van der Waals surface area (Å²) in [6.45, 7) is 2.22. The van der Waals surface area contributed by atoms with Crippen LogP contribution in [0.3, 0.4) is 0 Å². The van der Waals surface area contributed by atoms with Crippen molar-refractivity contribution >= 4 is 11.5 Å². The lowest BCUT2D eigenvalue weighted by atomic mass is 9.98. The van der Waals surface area contributed by atoms with Gasteiger partial charge in [0.15, 0.2) is 0 Å². The Bertz CT molecular complexity index is 665. The second kappa shape index (κ2) is 10.7. The smallest absolute Gasteiger partial charge is 0.138 e. The average Bonchev–Trinajstić information content (AvgIpc) is 2.67. The quantitative estimate of drug-likeness (QED) is 0.215. The third-order valence-electron chi connectivity index (χ3n) is 4.68. The van der Waals surface area contributed by atoms with E-state index in [9.17, 15) is 0 Å². The zero-order chi connectivity index (χ0) is 20.5. The summed E-state index contributed by atoms with van der Waals surface area (Å²) in [6, 6.07) is 3.71. The number of nitrogens with zero attached hydrogens (tertiary/aromatic N) is 4. The molecular formula is C19H34N8O. The molecule has 0 unspecified atom stereocenters. The molecule has 1 heterocycles. The van der Waals surface area contributed by atoms with Crippen molar-refractivity contribution in [2.45, 2.75) is 58.0 Å². The molecule has 0 bridgehead atoms. The highest BCUT2D eigenvalue weighted by Gasteiger charge is 2.16. The van der Waals surface area contributed by atoms with Crippen LogP contribution in [-0.4, -0.2) is 40.6 Å². The van der Waals surface area contributed by atoms with Gasteiger partial charge in [0.05, 0.1) is 35.9 Å². The van der Waals surface area contributed by atoms with E-state index < -0.39 is 0 Å². The number of pyridine rings is 1. The maximum atomic E-state index is 6.31. The zero-order valence-corrected chi connectivity index (χ0v) is 17.0. The van der Waals surface area contributed by atoms with Gasteiger partial charge >= 0.3 is 0 Å². The van der Waals surface area contributed by atoms with Crippen molar-refractivity contribution in [3.05, 3.63) is 29.7 Å². The van der Waals surface area contributed by atoms with Gasteiger partial charge in [-0.15, -0.1) is 5.10 Å². The Balaban J connectivity index is 2.10. The summed E-state index contributed by atoms with van der Waals surface area (Å²) < 4.78 is 6.01. The molecule has 0 aliphatic heterocycles. The maximum Gasteiger partial charge on any atom is 0.138 e. The van der Waals surface area contributed by atoms with E-state index in [4.69, 9.17) is 27.9 Å². The van der Waals surface area contributed by atoms with Gasteiger partial charge in [-0.3, -0.25) is 4.98 Å². The first-order valence-electron chi connectivity index (χ1n) is 9.86. The number of likely N-dealkylation sites (N-methyl/N-ethyl adjacent to an activating group) is 1. The third kappa shape index (κ3) is 6.58. The number of hydrazine groups is 2. The highest BCUT2D eigenvalue weighted by atomic mass is 16.5. The van der Waals surface area contributed by atoms with E-state index in [0.717, 1.165) is 25.0 Å². The number of rotatable bonds is 9. The van der Waals surface area contributed by atoms with Crippen molar-refractivity contribution in [2.24, 2.45) is 28.3 Å². The minimum Gasteiger partial charge on any atom is -0.489 e. The highest BCUT2D eigenvalue weighted by Crippen LogP contribution is 2.23. The first kappa shape index (κ1) is 21.8. The fourth-order valence-electron chi connectivity index (χ4n) is 3.18. The van der Waals surface area contributed by atoms with Crippen molar-refractivity contribution in [1.82, 2.24) is 15.1 Å². The SMILES string of the molecule is CCC/C(N)=N/N(N)C/C(=C(/N)c1ccc(OC2CCCCC2)cn1)N(C)N. The van der Waals surface area contributed by atoms with Gasteiger partial charge in [0.1, 0.15) is 11.6 Å². The van der Waals surface area contributed by atoms with Crippen LogP contribution < -0.4 is 27.9 Å². The lowest BCUT2D eigenvalue weighted by Crippen LogP contribution is -2.38. The molecule has 0 spiro atoms. The summed E-state index contributed by atoms with van der Waals surface area (Å²) in [6.07, 6.45) is 9.46. The van der Waals surface area contributed by atoms with Gasteiger partial charge in [-0.2, -0.15) is 0 Å². The van der Waals surface area contributed by atoms with Gasteiger partial charge in [0, 0.05) is 13.5 Å². The van der Waals surface area contributed by atoms with E-state index in [1.807, 2.05) is 19.1 Å². The van der Waals surface area contributed by atoms with E-state index in [0.29, 0.717) is 29.3 Å². The molecule has 28 heavy (non-hydrogen) atoms. The minimum atomic E-state index is 0.200. The second-order valence-corrected chi connectivity index (χ2v) is 7.17. The molecule has 8 N–H and O–H groups in total. The number of hydrazone groups is 1. The fourth-order valence-corrected chi connectivity index (χ4v) is 3.18. The van der Waals surface area contributed by atoms with E-state index in [2.05, 4.69) is 10.1 Å². The van der Waals surface area contributed by atoms with Crippen LogP contribution in [0.4, 0.5) is 0 Å². The molecular weight excluding hydrogens is 356 g/mol. The van der Waals surface area contributed by atoms with Crippen molar-refractivity contribution in [1.29, 1.82) is 0 Å². The first-order valence-corrected chi connectivity index (χ1v) is 9.86. The molecule has 0 saturated heterocycles. The minimum absolute atomic E-state index is 0.200. The van der Waals surface area contributed by atoms with Gasteiger partial charge in [-0.05, 0) is 44.2 Å². The molecule has 1 aromatic heterocycles. The molecule has 1 aromatic rings. The Hall–Kier alpha value is -2.52. The van der Waals surface area contributed by atoms with Crippen LogP contribution >= 0.6 is 0 Å². The molecule has 1 fully saturated rings. The van der Waals surface area contributed by atoms with E-state index in [-0.39, 0.29) is 12.6 Å². The number of nitrogens with two attached hydrogens (primary N) is 4. The standard InChI is InChI=1S/C19H34N8O/c1-3-7-18(20)25-27(23)13-17(26(2)22)19(21)16-11-10-15(12-24-16)28-14-8-5-4-6-9-14/h10-12,14H,3-9,13,21-23H2,1-2H3,(H2,20,25)/b19-17-. The Morgan fingerprint density at radius 3 is 2.50 bits per heavy atom. The number of hydrogen-bond acceptors (Lipinski definition) is 8. The van der Waals surface area contributed by atoms with Crippen LogP contribution in [0, 0.1) is 0 Å². The molecule has 1 aliphatic rings. The monoisotopic (exact) mass is 390 g/mol. The molecule has 0 amide bonds. The predicted octanol–water partition coefficient (Wildman–Crippen LogP) is 1.47. The Morgan fingerprint density at radius 2 is 1.93 bits per heavy atom. The average molecular weight is 391 g/mol. The summed E-state index contributed by atoms with van der Waals surface area (Å²) in [4.78, 5) is 4.44. The molecule has 9 nitrogen and oxygen atoms in total. The van der Waals surface area contributed by atoms with Crippen molar-refractivity contribution < 1.29 is 4.74 Å². The number of ether oxygens (including phenoxy) is 1. The normalized spacial score (nSPS) is 16.5. The summed E-state index contributed by atoms with van der Waals surface area (Å²) in [5.74, 6) is 13.1. The van der Waals surface area contributed by atoms with Crippen molar-refractivity contribution in [3.63, 3.8) is 0 Å². The molecule has 156 valence electrons. The lowest BCUT2D eigenvalue weighted by molar-refractivity contribution is 0.154. The summed E-state index contributed by atoms with van der Waals surface area (Å²) in [7, 11) is 1.69. The molecule has 0 aromatic carbocycles. The Labute approximate surface area is 167 Å². The first-order chi connectivity index (χ1) is 13.4. The summed E-state index contributed by atoms with van der Waals surface area (Å²) in [5.41, 5.74) is 13.7. The van der Waals surface area contributed by atoms with E-state index in [1.54, 1.807) is 13.2 Å². The van der Waals surface area contributed by atoms with Crippen LogP contribution in [0.25, 0.3) is 5.70 Å². The van der Waals surface area contributed by atoms with Crippen molar-refractivity contribution in [2.75, 3.05) is 13.6 Å². The van der Waals surface area contributed by atoms with Crippen molar-refractivity contribution in [3.8, 4) is 5.75 Å². The van der Waals surface area contributed by atoms with Gasteiger partial charge in [-0.1, -0.05) is 13.3 Å². The fraction of sp³-hybridized carbons (Fsp3) is 0.579. The highest BCUT2D eigenvalue weighted by molar-refractivity contribution is 5.79. The number of amidine groups is 1. The van der Waals surface area contributed by atoms with Gasteiger partial charge in [0.2, 0.25) is 0 Å². The molecule has 1 aliphatic carbocycles. The molecule has 1 saturated carbocycles. The molecule has 2 rings (SSSR count). The molecule has 0 radical (unpaired) electrons. The topological polar surface area (TPSA) is 145 Å². The number of hydrogen-bond donors (Lipinski definition) is 4. The summed E-state index contributed by atoms with van der Waals surface area (Å²) >= 11 is 0. The lowest BCUT2D eigenvalue weighted by Gasteiger charge is -2.24. The Kier molecular flexibility index (Phi) is 8.34. The maximum absolute atomic E-state index is 6.31. The number of aromatic nitrogens is 1. The van der Waals surface area contributed by atoms with Gasteiger partial charge in [-0.25, -0.2) is 16.8 Å². The van der Waals surface area contributed by atoms with Gasteiger partial charge in [0.25, 0.3) is 0 Å². The second-order valence-electron chi connectivity index (χ2n) is 7.17. The van der Waals surface area contributed by atoms with Crippen LogP contribution in [0.2, 0.25) is 0 Å². The van der Waals surface area contributed by atoms with Crippen LogP contribution in [0.1, 0.15) is 57.6 Å². The van der Waals surface area contributed by atoms with Gasteiger partial charge < -0.3 is 21.2 Å². The van der Waals surface area contributed by atoms with Crippen LogP contribution in [0.5, 0.6) is 5.75 Å². The van der Waals surface area contributed by atoms with E-state index >= 15 is 0 Å². The molecule has 0 atom stereocenters. The largest absolute Gasteiger partial charge is 0.489 e. The molecule has 9 heteroatoms. The third-order valence-corrected chi connectivity index (χ3v) is 4.68. The van der Waals surface area contributed by atoms with Crippen LogP contribution in [0.15, 0.2) is 29.1 Å².